The van der Waals surface area contributed by atoms with Crippen molar-refractivity contribution in [1.29, 1.82) is 0 Å². The Labute approximate surface area is 277 Å². The lowest BCUT2D eigenvalue weighted by Gasteiger charge is -2.24. The van der Waals surface area contributed by atoms with Crippen LogP contribution in [0.2, 0.25) is 10.0 Å². The third-order valence-corrected chi connectivity index (χ3v) is 9.09. The monoisotopic (exact) mass is 714 g/mol. The molecule has 0 amide bonds. The highest BCUT2D eigenvalue weighted by Gasteiger charge is 2.33. The van der Waals surface area contributed by atoms with Crippen molar-refractivity contribution in [1.82, 2.24) is 4.57 Å². The summed E-state index contributed by atoms with van der Waals surface area (Å²) in [6.07, 6.45) is 1.78. The van der Waals surface area contributed by atoms with E-state index in [0.29, 0.717) is 53.2 Å². The van der Waals surface area contributed by atoms with Crippen molar-refractivity contribution >= 4 is 62.5 Å². The van der Waals surface area contributed by atoms with Gasteiger partial charge in [0.1, 0.15) is 6.61 Å². The summed E-state index contributed by atoms with van der Waals surface area (Å²) in [5.74, 6) is 0.517. The highest BCUT2D eigenvalue weighted by atomic mass is 79.9. The highest BCUT2D eigenvalue weighted by Crippen LogP contribution is 2.38. The molecule has 0 saturated heterocycles. The molecule has 1 aliphatic rings. The second kappa shape index (κ2) is 13.7. The van der Waals surface area contributed by atoms with Gasteiger partial charge in [-0.25, -0.2) is 9.79 Å². The summed E-state index contributed by atoms with van der Waals surface area (Å²) < 4.78 is 20.1. The van der Waals surface area contributed by atoms with Crippen LogP contribution in [-0.2, 0) is 16.1 Å². The molecule has 0 bridgehead atoms. The molecule has 0 radical (unpaired) electrons. The predicted octanol–water partition coefficient (Wildman–Crippen LogP) is 7.15. The molecule has 44 heavy (non-hydrogen) atoms. The van der Waals surface area contributed by atoms with Gasteiger partial charge in [0.05, 0.1) is 39.5 Å². The van der Waals surface area contributed by atoms with Crippen LogP contribution in [0.25, 0.3) is 6.08 Å². The van der Waals surface area contributed by atoms with Gasteiger partial charge in [-0.3, -0.25) is 9.36 Å². The van der Waals surface area contributed by atoms with Crippen molar-refractivity contribution in [3.8, 4) is 11.5 Å². The minimum Gasteiger partial charge on any atom is -0.490 e. The molecule has 4 aromatic rings. The van der Waals surface area contributed by atoms with Gasteiger partial charge >= 0.3 is 5.97 Å². The van der Waals surface area contributed by atoms with E-state index in [9.17, 15) is 9.59 Å². The molecule has 2 heterocycles. The summed E-state index contributed by atoms with van der Waals surface area (Å²) in [5, 5.41) is 1.05. The molecule has 0 unspecified atom stereocenters. The van der Waals surface area contributed by atoms with Crippen LogP contribution in [0.4, 0.5) is 0 Å². The van der Waals surface area contributed by atoms with Gasteiger partial charge in [-0.05, 0) is 85.1 Å². The first-order chi connectivity index (χ1) is 21.1. The highest BCUT2D eigenvalue weighted by molar-refractivity contribution is 9.10. The zero-order valence-electron chi connectivity index (χ0n) is 24.4. The second-order valence-electron chi connectivity index (χ2n) is 10.0. The number of benzene rings is 3. The molecule has 11 heteroatoms. The molecule has 0 N–H and O–H groups in total. The standard InChI is InChI=1S/C33H29BrCl2N2O5S/c1-5-41-26-14-20(13-24(34)30(26)43-17-22-11-12-23(35)16-25(22)36)15-27-31(39)38-29(21-9-7-18(3)8-10-21)28(32(40)42-6-2)19(4)37-33(38)44-27/h7-16,29H,5-6,17H2,1-4H3/b27-15-/t29-/m0/s1. The number of esters is 1. The average molecular weight is 716 g/mol. The quantitative estimate of drug-likeness (QED) is 0.172. The molecule has 1 aliphatic heterocycles. The Morgan fingerprint density at radius 1 is 1.05 bits per heavy atom. The molecule has 0 spiro atoms. The number of thiazole rings is 1. The van der Waals surface area contributed by atoms with Gasteiger partial charge in [-0.15, -0.1) is 0 Å². The molecule has 3 aromatic carbocycles. The average Bonchev–Trinajstić information content (AvgIpc) is 3.27. The number of allylic oxidation sites excluding steroid dienone is 1. The van der Waals surface area contributed by atoms with E-state index in [2.05, 4.69) is 20.9 Å². The summed E-state index contributed by atoms with van der Waals surface area (Å²) in [6, 6.07) is 16.0. The third-order valence-electron chi connectivity index (χ3n) is 6.93. The Bertz CT molecular complexity index is 1950. The first kappa shape index (κ1) is 32.0. The van der Waals surface area contributed by atoms with Gasteiger partial charge in [0.15, 0.2) is 16.3 Å². The Morgan fingerprint density at radius 3 is 2.48 bits per heavy atom. The fraction of sp³-hybridized carbons (Fsp3) is 0.242. The largest absolute Gasteiger partial charge is 0.490 e. The second-order valence-corrected chi connectivity index (χ2v) is 12.7. The van der Waals surface area contributed by atoms with Crippen LogP contribution in [0.3, 0.4) is 0 Å². The van der Waals surface area contributed by atoms with Gasteiger partial charge in [-0.2, -0.15) is 0 Å². The lowest BCUT2D eigenvalue weighted by Crippen LogP contribution is -2.39. The fourth-order valence-electron chi connectivity index (χ4n) is 4.87. The topological polar surface area (TPSA) is 79.1 Å². The number of hydrogen-bond acceptors (Lipinski definition) is 7. The number of ether oxygens (including phenoxy) is 3. The van der Waals surface area contributed by atoms with Crippen LogP contribution in [-0.4, -0.2) is 23.8 Å². The van der Waals surface area contributed by atoms with E-state index < -0.39 is 12.0 Å². The van der Waals surface area contributed by atoms with E-state index in [1.165, 1.54) is 11.3 Å². The molecular weight excluding hydrogens is 687 g/mol. The minimum absolute atomic E-state index is 0.202. The molecule has 5 rings (SSSR count). The maximum absolute atomic E-state index is 14.0. The van der Waals surface area contributed by atoms with E-state index in [4.69, 9.17) is 37.4 Å². The predicted molar refractivity (Wildman–Crippen MR) is 178 cm³/mol. The maximum Gasteiger partial charge on any atom is 0.338 e. The van der Waals surface area contributed by atoms with Crippen molar-refractivity contribution < 1.29 is 19.0 Å². The third kappa shape index (κ3) is 6.66. The number of aryl methyl sites for hydroxylation is 1. The van der Waals surface area contributed by atoms with Crippen molar-refractivity contribution in [2.24, 2.45) is 4.99 Å². The summed E-state index contributed by atoms with van der Waals surface area (Å²) in [4.78, 5) is 32.3. The molecule has 0 fully saturated rings. The van der Waals surface area contributed by atoms with E-state index >= 15 is 0 Å². The SMILES string of the molecule is CCOC(=O)C1=C(C)N=c2s/c(=C\c3cc(Br)c(OCc4ccc(Cl)cc4Cl)c(OCC)c3)c(=O)n2[C@H]1c1ccc(C)cc1. The van der Waals surface area contributed by atoms with Crippen LogP contribution in [0.1, 0.15) is 49.1 Å². The van der Waals surface area contributed by atoms with Gasteiger partial charge in [0, 0.05) is 15.6 Å². The molecule has 7 nitrogen and oxygen atoms in total. The molecule has 0 saturated carbocycles. The summed E-state index contributed by atoms with van der Waals surface area (Å²) in [5.41, 5.74) is 3.96. The van der Waals surface area contributed by atoms with Crippen molar-refractivity contribution in [2.45, 2.75) is 40.3 Å². The van der Waals surface area contributed by atoms with E-state index in [1.807, 2.05) is 56.3 Å². The lowest BCUT2D eigenvalue weighted by atomic mass is 9.95. The number of aromatic nitrogens is 1. The number of carbonyl (C=O) groups excluding carboxylic acids is 1. The van der Waals surface area contributed by atoms with Crippen LogP contribution in [0, 0.1) is 6.92 Å². The van der Waals surface area contributed by atoms with Gasteiger partial charge < -0.3 is 14.2 Å². The fourth-order valence-corrected chi connectivity index (χ4v) is 6.95. The van der Waals surface area contributed by atoms with Crippen LogP contribution in [0.15, 0.2) is 80.1 Å². The maximum atomic E-state index is 14.0. The minimum atomic E-state index is -0.672. The normalized spacial score (nSPS) is 14.7. The first-order valence-corrected chi connectivity index (χ1v) is 16.3. The van der Waals surface area contributed by atoms with Crippen LogP contribution < -0.4 is 24.4 Å². The van der Waals surface area contributed by atoms with Gasteiger partial charge in [0.25, 0.3) is 5.56 Å². The zero-order valence-corrected chi connectivity index (χ0v) is 28.4. The van der Waals surface area contributed by atoms with Crippen molar-refractivity contribution in [3.63, 3.8) is 0 Å². The van der Waals surface area contributed by atoms with Crippen LogP contribution >= 0.6 is 50.5 Å². The van der Waals surface area contributed by atoms with Gasteiger partial charge in [-0.1, -0.05) is 70.4 Å². The molecule has 1 aromatic heterocycles. The van der Waals surface area contributed by atoms with Gasteiger partial charge in [0.2, 0.25) is 0 Å². The number of halogens is 3. The molecular formula is C33H29BrCl2N2O5S. The summed E-state index contributed by atoms with van der Waals surface area (Å²) in [6.45, 7) is 8.21. The Balaban J connectivity index is 1.58. The van der Waals surface area contributed by atoms with E-state index in [0.717, 1.165) is 22.3 Å². The smallest absolute Gasteiger partial charge is 0.338 e. The number of hydrogen-bond donors (Lipinski definition) is 0. The number of nitrogens with zero attached hydrogens (tertiary/aromatic N) is 2. The number of rotatable bonds is 9. The number of fused-ring (bicyclic) bond motifs is 1. The molecule has 1 atom stereocenters. The molecule has 0 aliphatic carbocycles. The van der Waals surface area contributed by atoms with Crippen molar-refractivity contribution in [3.05, 3.63) is 122 Å². The Kier molecular flexibility index (Phi) is 10.00. The van der Waals surface area contributed by atoms with E-state index in [1.54, 1.807) is 36.6 Å². The lowest BCUT2D eigenvalue weighted by molar-refractivity contribution is -0.139. The summed E-state index contributed by atoms with van der Waals surface area (Å²) in [7, 11) is 0. The zero-order chi connectivity index (χ0) is 31.5. The molecule has 228 valence electrons. The Morgan fingerprint density at radius 2 is 1.80 bits per heavy atom. The Hall–Kier alpha value is -3.37. The summed E-state index contributed by atoms with van der Waals surface area (Å²) >= 11 is 17.2. The van der Waals surface area contributed by atoms with Crippen LogP contribution in [0.5, 0.6) is 11.5 Å². The number of carbonyl (C=O) groups is 1. The van der Waals surface area contributed by atoms with E-state index in [-0.39, 0.29) is 18.8 Å². The van der Waals surface area contributed by atoms with Crippen molar-refractivity contribution in [2.75, 3.05) is 13.2 Å². The first-order valence-electron chi connectivity index (χ1n) is 13.9.